The lowest BCUT2D eigenvalue weighted by Gasteiger charge is -2.03. The maximum atomic E-state index is 10.7. The standard InChI is InChI=1S/C10H10N4O3S/c1-17-7-2-3-11-10(14-7)12-4-8-13-6(5-18-8)9(15)16/h2-3,5H,4H2,1H3,(H,15,16)(H,11,12,14). The molecule has 0 aliphatic carbocycles. The summed E-state index contributed by atoms with van der Waals surface area (Å²) in [7, 11) is 1.52. The van der Waals surface area contributed by atoms with Crippen LogP contribution in [0.2, 0.25) is 0 Å². The highest BCUT2D eigenvalue weighted by molar-refractivity contribution is 7.09. The zero-order valence-corrected chi connectivity index (χ0v) is 10.3. The molecule has 8 heteroatoms. The fourth-order valence-corrected chi connectivity index (χ4v) is 1.89. The van der Waals surface area contributed by atoms with Crippen molar-refractivity contribution in [2.24, 2.45) is 0 Å². The molecule has 0 radical (unpaired) electrons. The minimum absolute atomic E-state index is 0.0448. The molecule has 0 bridgehead atoms. The van der Waals surface area contributed by atoms with Gasteiger partial charge in [0.2, 0.25) is 11.8 Å². The lowest BCUT2D eigenvalue weighted by molar-refractivity contribution is 0.0691. The molecule has 18 heavy (non-hydrogen) atoms. The summed E-state index contributed by atoms with van der Waals surface area (Å²) in [5.74, 6) is -0.172. The summed E-state index contributed by atoms with van der Waals surface area (Å²) < 4.78 is 4.96. The van der Waals surface area contributed by atoms with E-state index in [0.29, 0.717) is 23.4 Å². The van der Waals surface area contributed by atoms with Crippen LogP contribution in [0.25, 0.3) is 0 Å². The smallest absolute Gasteiger partial charge is 0.355 e. The number of aromatic carboxylic acids is 1. The van der Waals surface area contributed by atoms with E-state index in [2.05, 4.69) is 20.3 Å². The van der Waals surface area contributed by atoms with Gasteiger partial charge in [0.25, 0.3) is 0 Å². The second kappa shape index (κ2) is 5.41. The van der Waals surface area contributed by atoms with Crippen molar-refractivity contribution >= 4 is 23.3 Å². The molecule has 7 nitrogen and oxygen atoms in total. The summed E-state index contributed by atoms with van der Waals surface area (Å²) in [6, 6.07) is 1.64. The van der Waals surface area contributed by atoms with Crippen molar-refractivity contribution in [3.63, 3.8) is 0 Å². The zero-order valence-electron chi connectivity index (χ0n) is 9.45. The normalized spacial score (nSPS) is 10.1. The third kappa shape index (κ3) is 2.92. The van der Waals surface area contributed by atoms with Crippen LogP contribution in [0.1, 0.15) is 15.5 Å². The molecule has 0 spiro atoms. The lowest BCUT2D eigenvalue weighted by atomic mass is 10.5. The van der Waals surface area contributed by atoms with Gasteiger partial charge >= 0.3 is 5.97 Å². The Morgan fingerprint density at radius 1 is 1.56 bits per heavy atom. The Hall–Kier alpha value is -2.22. The van der Waals surface area contributed by atoms with Gasteiger partial charge in [0, 0.05) is 17.6 Å². The minimum atomic E-state index is -1.03. The number of anilines is 1. The van der Waals surface area contributed by atoms with E-state index in [0.717, 1.165) is 0 Å². The fraction of sp³-hybridized carbons (Fsp3) is 0.200. The molecule has 2 rings (SSSR count). The van der Waals surface area contributed by atoms with Gasteiger partial charge in [-0.3, -0.25) is 0 Å². The zero-order chi connectivity index (χ0) is 13.0. The molecule has 0 saturated heterocycles. The molecule has 0 saturated carbocycles. The summed E-state index contributed by atoms with van der Waals surface area (Å²) in [4.78, 5) is 22.7. The molecule has 0 aliphatic heterocycles. The molecule has 2 aromatic rings. The van der Waals surface area contributed by atoms with Crippen molar-refractivity contribution < 1.29 is 14.6 Å². The van der Waals surface area contributed by atoms with Gasteiger partial charge in [0.15, 0.2) is 5.69 Å². The SMILES string of the molecule is COc1ccnc(NCc2nc(C(=O)O)cs2)n1. The first-order chi connectivity index (χ1) is 8.69. The van der Waals surface area contributed by atoms with Crippen molar-refractivity contribution in [3.05, 3.63) is 28.3 Å². The molecule has 0 unspecified atom stereocenters. The maximum absolute atomic E-state index is 10.7. The Bertz CT molecular complexity index is 558. The van der Waals surface area contributed by atoms with Gasteiger partial charge in [-0.2, -0.15) is 4.98 Å². The number of aromatic nitrogens is 3. The highest BCUT2D eigenvalue weighted by Crippen LogP contribution is 2.12. The van der Waals surface area contributed by atoms with Crippen LogP contribution >= 0.6 is 11.3 Å². The number of rotatable bonds is 5. The Labute approximate surface area is 107 Å². The number of hydrogen-bond donors (Lipinski definition) is 2. The van der Waals surface area contributed by atoms with Crippen LogP contribution in [0.3, 0.4) is 0 Å². The summed E-state index contributed by atoms with van der Waals surface area (Å²) in [5, 5.41) is 13.8. The average molecular weight is 266 g/mol. The van der Waals surface area contributed by atoms with Gasteiger partial charge < -0.3 is 15.2 Å². The number of hydrogen-bond acceptors (Lipinski definition) is 7. The van der Waals surface area contributed by atoms with Crippen LogP contribution in [0.15, 0.2) is 17.6 Å². The van der Waals surface area contributed by atoms with Crippen molar-refractivity contribution in [1.29, 1.82) is 0 Å². The molecule has 0 fully saturated rings. The van der Waals surface area contributed by atoms with Crippen LogP contribution in [-0.4, -0.2) is 33.1 Å². The van der Waals surface area contributed by atoms with E-state index >= 15 is 0 Å². The Morgan fingerprint density at radius 2 is 2.39 bits per heavy atom. The second-order valence-electron chi connectivity index (χ2n) is 3.21. The first-order valence-corrected chi connectivity index (χ1v) is 5.85. The number of carboxylic acid groups (broad SMARTS) is 1. The van der Waals surface area contributed by atoms with E-state index in [9.17, 15) is 4.79 Å². The van der Waals surface area contributed by atoms with Crippen LogP contribution in [0, 0.1) is 0 Å². The highest BCUT2D eigenvalue weighted by Gasteiger charge is 2.08. The van der Waals surface area contributed by atoms with Crippen molar-refractivity contribution in [2.45, 2.75) is 6.54 Å². The minimum Gasteiger partial charge on any atom is -0.481 e. The van der Waals surface area contributed by atoms with Crippen LogP contribution < -0.4 is 10.1 Å². The molecule has 2 N–H and O–H groups in total. The number of thiazole rings is 1. The molecule has 0 atom stereocenters. The predicted octanol–water partition coefficient (Wildman–Crippen LogP) is 1.25. The number of ether oxygens (including phenoxy) is 1. The van der Waals surface area contributed by atoms with Gasteiger partial charge in [-0.1, -0.05) is 0 Å². The molecule has 2 aromatic heterocycles. The van der Waals surface area contributed by atoms with Crippen LogP contribution in [-0.2, 0) is 6.54 Å². The lowest BCUT2D eigenvalue weighted by Crippen LogP contribution is -2.04. The molecular formula is C10H10N4O3S. The monoisotopic (exact) mass is 266 g/mol. The summed E-state index contributed by atoms with van der Waals surface area (Å²) >= 11 is 1.27. The van der Waals surface area contributed by atoms with Crippen LogP contribution in [0.4, 0.5) is 5.95 Å². The topological polar surface area (TPSA) is 97.2 Å². The molecule has 0 aromatic carbocycles. The van der Waals surface area contributed by atoms with E-state index in [1.165, 1.54) is 23.8 Å². The summed E-state index contributed by atoms with van der Waals surface area (Å²) in [6.07, 6.45) is 1.57. The quantitative estimate of drug-likeness (QED) is 0.840. The number of methoxy groups -OCH3 is 1. The molecule has 0 amide bonds. The van der Waals surface area contributed by atoms with Gasteiger partial charge in [-0.25, -0.2) is 14.8 Å². The van der Waals surface area contributed by atoms with Gasteiger partial charge in [-0.05, 0) is 0 Å². The number of nitrogens with one attached hydrogen (secondary N) is 1. The summed E-state index contributed by atoms with van der Waals surface area (Å²) in [6.45, 7) is 0.366. The fourth-order valence-electron chi connectivity index (χ4n) is 1.19. The van der Waals surface area contributed by atoms with Gasteiger partial charge in [0.1, 0.15) is 5.01 Å². The first kappa shape index (κ1) is 12.2. The molecule has 94 valence electrons. The Morgan fingerprint density at radius 3 is 3.06 bits per heavy atom. The van der Waals surface area contributed by atoms with Gasteiger partial charge in [-0.15, -0.1) is 11.3 Å². The Kier molecular flexibility index (Phi) is 3.68. The van der Waals surface area contributed by atoms with E-state index in [1.54, 1.807) is 12.3 Å². The van der Waals surface area contributed by atoms with E-state index in [4.69, 9.17) is 9.84 Å². The molecule has 0 aliphatic rings. The number of carboxylic acids is 1. The van der Waals surface area contributed by atoms with Crippen molar-refractivity contribution in [3.8, 4) is 5.88 Å². The number of nitrogens with zero attached hydrogens (tertiary/aromatic N) is 3. The first-order valence-electron chi connectivity index (χ1n) is 4.97. The molecule has 2 heterocycles. The number of carbonyl (C=O) groups is 1. The average Bonchev–Trinajstić information content (AvgIpc) is 2.85. The second-order valence-corrected chi connectivity index (χ2v) is 4.15. The Balaban J connectivity index is 1.99. The maximum Gasteiger partial charge on any atom is 0.355 e. The third-order valence-corrected chi connectivity index (χ3v) is 2.86. The highest BCUT2D eigenvalue weighted by atomic mass is 32.1. The predicted molar refractivity (Wildman–Crippen MR) is 65.0 cm³/mol. The van der Waals surface area contributed by atoms with E-state index in [1.807, 2.05) is 0 Å². The van der Waals surface area contributed by atoms with E-state index in [-0.39, 0.29) is 5.69 Å². The largest absolute Gasteiger partial charge is 0.481 e. The van der Waals surface area contributed by atoms with E-state index < -0.39 is 5.97 Å². The van der Waals surface area contributed by atoms with Gasteiger partial charge in [0.05, 0.1) is 13.7 Å². The van der Waals surface area contributed by atoms with Crippen molar-refractivity contribution in [1.82, 2.24) is 15.0 Å². The van der Waals surface area contributed by atoms with Crippen LogP contribution in [0.5, 0.6) is 5.88 Å². The van der Waals surface area contributed by atoms with Crippen molar-refractivity contribution in [2.75, 3.05) is 12.4 Å². The molecular weight excluding hydrogens is 256 g/mol. The third-order valence-electron chi connectivity index (χ3n) is 2.01. The summed E-state index contributed by atoms with van der Waals surface area (Å²) in [5.41, 5.74) is 0.0448.